The van der Waals surface area contributed by atoms with Gasteiger partial charge in [0.25, 0.3) is 11.6 Å². The van der Waals surface area contributed by atoms with Crippen LogP contribution in [0.3, 0.4) is 0 Å². The molecule has 0 saturated heterocycles. The summed E-state index contributed by atoms with van der Waals surface area (Å²) in [5.74, 6) is -1.83. The van der Waals surface area contributed by atoms with Crippen molar-refractivity contribution in [3.63, 3.8) is 0 Å². The van der Waals surface area contributed by atoms with Crippen LogP contribution in [0.15, 0.2) is 42.5 Å². The third-order valence-electron chi connectivity index (χ3n) is 3.75. The molecule has 2 rings (SSSR count). The van der Waals surface area contributed by atoms with E-state index in [1.165, 1.54) is 32.0 Å². The number of nitrogens with one attached hydrogen (secondary N) is 1. The smallest absolute Gasteiger partial charge is 0.416 e. The van der Waals surface area contributed by atoms with Gasteiger partial charge in [0.15, 0.2) is 6.10 Å². The number of benzene rings is 2. The maximum absolute atomic E-state index is 12.7. The summed E-state index contributed by atoms with van der Waals surface area (Å²) in [6.07, 6.45) is -5.92. The summed E-state index contributed by atoms with van der Waals surface area (Å²) in [5.41, 5.74) is -1.13. The first kappa shape index (κ1) is 20.9. The summed E-state index contributed by atoms with van der Waals surface area (Å²) in [5, 5.41) is 13.2. The fourth-order valence-corrected chi connectivity index (χ4v) is 2.23. The Hall–Kier alpha value is -3.43. The molecule has 1 atom stereocenters. The van der Waals surface area contributed by atoms with E-state index in [0.717, 1.165) is 24.3 Å². The lowest BCUT2D eigenvalue weighted by atomic mass is 10.1. The number of amides is 1. The predicted molar refractivity (Wildman–Crippen MR) is 92.8 cm³/mol. The molecule has 0 fully saturated rings. The molecule has 1 amide bonds. The van der Waals surface area contributed by atoms with Crippen LogP contribution in [0, 0.1) is 17.0 Å². The van der Waals surface area contributed by atoms with Gasteiger partial charge in [-0.2, -0.15) is 13.2 Å². The Kier molecular flexibility index (Phi) is 6.02. The highest BCUT2D eigenvalue weighted by Crippen LogP contribution is 2.30. The van der Waals surface area contributed by atoms with Crippen molar-refractivity contribution in [2.75, 3.05) is 5.32 Å². The largest absolute Gasteiger partial charge is 0.449 e. The van der Waals surface area contributed by atoms with Crippen molar-refractivity contribution in [3.8, 4) is 0 Å². The topological polar surface area (TPSA) is 98.5 Å². The Bertz CT molecular complexity index is 928. The van der Waals surface area contributed by atoms with Gasteiger partial charge in [0, 0.05) is 17.3 Å². The molecule has 148 valence electrons. The molecule has 0 saturated carbocycles. The van der Waals surface area contributed by atoms with E-state index in [1.54, 1.807) is 0 Å². The summed E-state index contributed by atoms with van der Waals surface area (Å²) in [4.78, 5) is 34.5. The fourth-order valence-electron chi connectivity index (χ4n) is 2.23. The average Bonchev–Trinajstić information content (AvgIpc) is 2.61. The lowest BCUT2D eigenvalue weighted by Crippen LogP contribution is -2.30. The van der Waals surface area contributed by atoms with Crippen molar-refractivity contribution < 1.29 is 32.4 Å². The van der Waals surface area contributed by atoms with E-state index in [0.29, 0.717) is 5.56 Å². The van der Waals surface area contributed by atoms with E-state index in [-0.39, 0.29) is 16.9 Å². The minimum atomic E-state index is -4.57. The monoisotopic (exact) mass is 396 g/mol. The van der Waals surface area contributed by atoms with Crippen LogP contribution in [0.25, 0.3) is 0 Å². The molecular weight excluding hydrogens is 381 g/mol. The molecule has 1 N–H and O–H groups in total. The van der Waals surface area contributed by atoms with Gasteiger partial charge in [-0.05, 0) is 38.1 Å². The van der Waals surface area contributed by atoms with Gasteiger partial charge in [-0.3, -0.25) is 14.9 Å². The highest BCUT2D eigenvalue weighted by atomic mass is 19.4. The number of nitro groups is 1. The van der Waals surface area contributed by atoms with Crippen molar-refractivity contribution in [2.45, 2.75) is 26.1 Å². The number of anilines is 1. The molecule has 7 nitrogen and oxygen atoms in total. The molecule has 2 aromatic rings. The maximum atomic E-state index is 12.7. The highest BCUT2D eigenvalue weighted by Gasteiger charge is 2.30. The molecule has 0 unspecified atom stereocenters. The van der Waals surface area contributed by atoms with Crippen LogP contribution in [-0.4, -0.2) is 22.9 Å². The highest BCUT2D eigenvalue weighted by molar-refractivity contribution is 5.97. The van der Waals surface area contributed by atoms with Gasteiger partial charge < -0.3 is 10.1 Å². The summed E-state index contributed by atoms with van der Waals surface area (Å²) in [6, 6.07) is 7.67. The number of rotatable bonds is 5. The molecule has 28 heavy (non-hydrogen) atoms. The zero-order valence-electron chi connectivity index (χ0n) is 14.7. The van der Waals surface area contributed by atoms with E-state index in [2.05, 4.69) is 5.32 Å². The summed E-state index contributed by atoms with van der Waals surface area (Å²) < 4.78 is 43.1. The minimum Gasteiger partial charge on any atom is -0.449 e. The van der Waals surface area contributed by atoms with Crippen LogP contribution < -0.4 is 5.32 Å². The van der Waals surface area contributed by atoms with E-state index in [4.69, 9.17) is 4.74 Å². The normalized spacial score (nSPS) is 12.2. The zero-order chi connectivity index (χ0) is 21.1. The number of hydrogen-bond donors (Lipinski definition) is 1. The van der Waals surface area contributed by atoms with Gasteiger partial charge in [-0.25, -0.2) is 4.79 Å². The lowest BCUT2D eigenvalue weighted by Gasteiger charge is -2.14. The van der Waals surface area contributed by atoms with Gasteiger partial charge >= 0.3 is 12.1 Å². The molecule has 0 aliphatic carbocycles. The summed E-state index contributed by atoms with van der Waals surface area (Å²) in [7, 11) is 0. The molecule has 0 spiro atoms. The van der Waals surface area contributed by atoms with Crippen LogP contribution in [0.5, 0.6) is 0 Å². The van der Waals surface area contributed by atoms with E-state index >= 15 is 0 Å². The van der Waals surface area contributed by atoms with Crippen LogP contribution in [0.4, 0.5) is 24.5 Å². The standard InChI is InChI=1S/C18H15F3N2O5/c1-10-6-7-12(8-15(10)23(26)27)17(25)28-11(2)16(24)22-14-5-3-4-13(9-14)18(19,20)21/h3-9,11H,1-2H3,(H,22,24)/t11-/m0/s1. The van der Waals surface area contributed by atoms with Gasteiger partial charge in [-0.15, -0.1) is 0 Å². The Balaban J connectivity index is 2.07. The number of alkyl halides is 3. The third kappa shape index (κ3) is 5.06. The fraction of sp³-hybridized carbons (Fsp3) is 0.222. The zero-order valence-corrected chi connectivity index (χ0v) is 14.7. The van der Waals surface area contributed by atoms with E-state index in [9.17, 15) is 32.9 Å². The molecule has 10 heteroatoms. The second-order valence-electron chi connectivity index (χ2n) is 5.87. The number of hydrogen-bond acceptors (Lipinski definition) is 5. The van der Waals surface area contributed by atoms with Crippen LogP contribution in [-0.2, 0) is 15.7 Å². The van der Waals surface area contributed by atoms with Crippen molar-refractivity contribution >= 4 is 23.3 Å². The number of carbonyl (C=O) groups is 2. The van der Waals surface area contributed by atoms with E-state index < -0.39 is 34.6 Å². The summed E-state index contributed by atoms with van der Waals surface area (Å²) in [6.45, 7) is 2.72. The van der Waals surface area contributed by atoms with Crippen LogP contribution in [0.1, 0.15) is 28.4 Å². The minimum absolute atomic E-state index is 0.117. The van der Waals surface area contributed by atoms with Crippen molar-refractivity contribution in [1.82, 2.24) is 0 Å². The number of nitrogens with zero attached hydrogens (tertiary/aromatic N) is 1. The van der Waals surface area contributed by atoms with Gasteiger partial charge in [0.1, 0.15) is 0 Å². The molecule has 0 aliphatic rings. The number of esters is 1. The second-order valence-corrected chi connectivity index (χ2v) is 5.87. The Morgan fingerprint density at radius 2 is 1.86 bits per heavy atom. The first-order valence-electron chi connectivity index (χ1n) is 7.93. The first-order chi connectivity index (χ1) is 13.0. The molecule has 2 aromatic carbocycles. The van der Waals surface area contributed by atoms with Gasteiger partial charge in [0.2, 0.25) is 0 Å². The molecular formula is C18H15F3N2O5. The average molecular weight is 396 g/mol. The molecule has 0 aliphatic heterocycles. The second kappa shape index (κ2) is 8.07. The molecule has 0 bridgehead atoms. The SMILES string of the molecule is Cc1ccc(C(=O)O[C@@H](C)C(=O)Nc2cccc(C(F)(F)F)c2)cc1[N+](=O)[O-]. The quantitative estimate of drug-likeness (QED) is 0.466. The number of carbonyl (C=O) groups excluding carboxylic acids is 2. The van der Waals surface area contributed by atoms with Crippen molar-refractivity contribution in [3.05, 3.63) is 69.3 Å². The lowest BCUT2D eigenvalue weighted by molar-refractivity contribution is -0.385. The van der Waals surface area contributed by atoms with Crippen molar-refractivity contribution in [1.29, 1.82) is 0 Å². The number of nitro benzene ring substituents is 1. The number of aryl methyl sites for hydroxylation is 1. The predicted octanol–water partition coefficient (Wildman–Crippen LogP) is 4.11. The van der Waals surface area contributed by atoms with E-state index in [1.807, 2.05) is 0 Å². The Labute approximate surface area is 157 Å². The molecule has 0 heterocycles. The Morgan fingerprint density at radius 3 is 2.46 bits per heavy atom. The summed E-state index contributed by atoms with van der Waals surface area (Å²) >= 11 is 0. The number of halogens is 3. The maximum Gasteiger partial charge on any atom is 0.416 e. The first-order valence-corrected chi connectivity index (χ1v) is 7.93. The van der Waals surface area contributed by atoms with Crippen LogP contribution >= 0.6 is 0 Å². The van der Waals surface area contributed by atoms with Gasteiger partial charge in [0.05, 0.1) is 16.1 Å². The van der Waals surface area contributed by atoms with Gasteiger partial charge in [-0.1, -0.05) is 12.1 Å². The van der Waals surface area contributed by atoms with Crippen molar-refractivity contribution in [2.24, 2.45) is 0 Å². The third-order valence-corrected chi connectivity index (χ3v) is 3.75. The molecule has 0 aromatic heterocycles. The Morgan fingerprint density at radius 1 is 1.18 bits per heavy atom. The number of ether oxygens (including phenoxy) is 1. The van der Waals surface area contributed by atoms with Crippen LogP contribution in [0.2, 0.25) is 0 Å². The molecule has 0 radical (unpaired) electrons.